The number of hydrogen-bond acceptors (Lipinski definition) is 4. The zero-order chi connectivity index (χ0) is 9.26. The fraction of sp³-hybridized carbons (Fsp3) is 0.333. The lowest BCUT2D eigenvalue weighted by molar-refractivity contribution is 0.0879. The summed E-state index contributed by atoms with van der Waals surface area (Å²) in [6.45, 7) is 1.51. The zero-order valence-electron chi connectivity index (χ0n) is 7.16. The van der Waals surface area contributed by atoms with Gasteiger partial charge in [0.1, 0.15) is 5.82 Å². The van der Waals surface area contributed by atoms with Crippen LogP contribution < -0.4 is 11.1 Å². The number of pyridine rings is 1. The van der Waals surface area contributed by atoms with Crippen LogP contribution in [0.5, 0.6) is 0 Å². The summed E-state index contributed by atoms with van der Waals surface area (Å²) in [5.74, 6) is 0.523. The average molecular weight is 177 g/mol. The van der Waals surface area contributed by atoms with Gasteiger partial charge < -0.3 is 11.1 Å². The largest absolute Gasteiger partial charge is 0.383 e. The number of nitrogens with zero attached hydrogens (tertiary/aromatic N) is 1. The average Bonchev–Trinajstić information content (AvgIpc) is 2.01. The van der Waals surface area contributed by atoms with Crippen molar-refractivity contribution < 1.29 is 4.79 Å². The van der Waals surface area contributed by atoms with Gasteiger partial charge in [-0.3, -0.25) is 4.79 Å². The van der Waals surface area contributed by atoms with Crippen molar-refractivity contribution in [1.82, 2.24) is 10.3 Å². The van der Waals surface area contributed by atoms with Crippen LogP contribution in [0.2, 0.25) is 0 Å². The molecule has 4 heteroatoms. The van der Waals surface area contributed by atoms with Gasteiger partial charge in [0.2, 0.25) is 0 Å². The second kappa shape index (κ2) is 3.14. The van der Waals surface area contributed by atoms with Crippen LogP contribution in [0.1, 0.15) is 10.4 Å². The topological polar surface area (TPSA) is 68.0 Å². The molecule has 68 valence electrons. The molecule has 1 aromatic heterocycles. The van der Waals surface area contributed by atoms with E-state index in [2.05, 4.69) is 10.3 Å². The van der Waals surface area contributed by atoms with Gasteiger partial charge in [0.05, 0.1) is 5.56 Å². The van der Waals surface area contributed by atoms with Gasteiger partial charge in [0, 0.05) is 25.2 Å². The number of nitrogens with one attached hydrogen (secondary N) is 1. The van der Waals surface area contributed by atoms with Gasteiger partial charge in [0.25, 0.3) is 0 Å². The number of ketones is 1. The van der Waals surface area contributed by atoms with E-state index < -0.39 is 0 Å². The third-order valence-electron chi connectivity index (χ3n) is 2.26. The Balaban J connectivity index is 2.24. The van der Waals surface area contributed by atoms with E-state index in [9.17, 15) is 4.79 Å². The summed E-state index contributed by atoms with van der Waals surface area (Å²) >= 11 is 0. The van der Waals surface area contributed by atoms with Crippen molar-refractivity contribution in [2.45, 2.75) is 0 Å². The maximum absolute atomic E-state index is 11.7. The van der Waals surface area contributed by atoms with Crippen molar-refractivity contribution >= 4 is 11.6 Å². The number of anilines is 1. The van der Waals surface area contributed by atoms with E-state index in [1.165, 1.54) is 0 Å². The van der Waals surface area contributed by atoms with Gasteiger partial charge in [-0.05, 0) is 12.1 Å². The monoisotopic (exact) mass is 177 g/mol. The quantitative estimate of drug-likeness (QED) is 0.627. The van der Waals surface area contributed by atoms with Crippen LogP contribution in [-0.4, -0.2) is 23.9 Å². The Morgan fingerprint density at radius 3 is 2.92 bits per heavy atom. The molecule has 0 bridgehead atoms. The second-order valence-corrected chi connectivity index (χ2v) is 3.16. The summed E-state index contributed by atoms with van der Waals surface area (Å²) in [5, 5.41) is 3.05. The highest BCUT2D eigenvalue weighted by atomic mass is 16.1. The molecule has 13 heavy (non-hydrogen) atoms. The predicted molar refractivity (Wildman–Crippen MR) is 49.3 cm³/mol. The van der Waals surface area contributed by atoms with Crippen LogP contribution >= 0.6 is 0 Å². The van der Waals surface area contributed by atoms with Gasteiger partial charge in [-0.1, -0.05) is 0 Å². The van der Waals surface area contributed by atoms with E-state index in [-0.39, 0.29) is 11.7 Å². The van der Waals surface area contributed by atoms with Crippen molar-refractivity contribution in [3.8, 4) is 0 Å². The molecule has 0 radical (unpaired) electrons. The first-order valence-corrected chi connectivity index (χ1v) is 4.24. The summed E-state index contributed by atoms with van der Waals surface area (Å²) in [7, 11) is 0. The van der Waals surface area contributed by atoms with Gasteiger partial charge in [-0.2, -0.15) is 0 Å². The van der Waals surface area contributed by atoms with Crippen molar-refractivity contribution in [2.24, 2.45) is 5.92 Å². The number of hydrogen-bond donors (Lipinski definition) is 2. The lowest BCUT2D eigenvalue weighted by Gasteiger charge is -2.25. The molecule has 1 aromatic rings. The molecular formula is C9H11N3O. The lowest BCUT2D eigenvalue weighted by Crippen LogP contribution is -2.46. The molecule has 4 nitrogen and oxygen atoms in total. The SMILES string of the molecule is Nc1ncccc1C(=O)C1CNC1. The third-order valence-corrected chi connectivity index (χ3v) is 2.26. The van der Waals surface area contributed by atoms with E-state index in [0.29, 0.717) is 11.4 Å². The fourth-order valence-corrected chi connectivity index (χ4v) is 1.32. The molecule has 0 atom stereocenters. The van der Waals surface area contributed by atoms with E-state index in [1.807, 2.05) is 0 Å². The number of aromatic nitrogens is 1. The number of rotatable bonds is 2. The van der Waals surface area contributed by atoms with Gasteiger partial charge in [-0.15, -0.1) is 0 Å². The Hall–Kier alpha value is -1.42. The zero-order valence-corrected chi connectivity index (χ0v) is 7.16. The second-order valence-electron chi connectivity index (χ2n) is 3.16. The number of nitrogen functional groups attached to an aromatic ring is 1. The fourth-order valence-electron chi connectivity index (χ4n) is 1.32. The van der Waals surface area contributed by atoms with Crippen LogP contribution in [0.25, 0.3) is 0 Å². The molecule has 0 amide bonds. The summed E-state index contributed by atoms with van der Waals surface area (Å²) in [6.07, 6.45) is 1.59. The van der Waals surface area contributed by atoms with Gasteiger partial charge in [-0.25, -0.2) is 4.98 Å². The van der Waals surface area contributed by atoms with Crippen LogP contribution in [-0.2, 0) is 0 Å². The molecule has 3 N–H and O–H groups in total. The molecule has 1 fully saturated rings. The molecular weight excluding hydrogens is 166 g/mol. The molecule has 2 rings (SSSR count). The Morgan fingerprint density at radius 2 is 2.38 bits per heavy atom. The van der Waals surface area contributed by atoms with Gasteiger partial charge >= 0.3 is 0 Å². The Morgan fingerprint density at radius 1 is 1.62 bits per heavy atom. The van der Waals surface area contributed by atoms with Crippen molar-refractivity contribution in [3.05, 3.63) is 23.9 Å². The molecule has 0 saturated carbocycles. The maximum Gasteiger partial charge on any atom is 0.172 e. The first-order valence-electron chi connectivity index (χ1n) is 4.24. The number of nitrogens with two attached hydrogens (primary N) is 1. The van der Waals surface area contributed by atoms with Crippen molar-refractivity contribution in [1.29, 1.82) is 0 Å². The third kappa shape index (κ3) is 1.40. The number of carbonyl (C=O) groups excluding carboxylic acids is 1. The van der Waals surface area contributed by atoms with E-state index in [1.54, 1.807) is 18.3 Å². The van der Waals surface area contributed by atoms with Crippen molar-refractivity contribution in [3.63, 3.8) is 0 Å². The Bertz CT molecular complexity index is 333. The Labute approximate surface area is 76.2 Å². The summed E-state index contributed by atoms with van der Waals surface area (Å²) < 4.78 is 0. The minimum Gasteiger partial charge on any atom is -0.383 e. The van der Waals surface area contributed by atoms with Gasteiger partial charge in [0.15, 0.2) is 5.78 Å². The normalized spacial score (nSPS) is 16.6. The molecule has 1 aliphatic heterocycles. The predicted octanol–water partition coefficient (Wildman–Crippen LogP) is 0.0659. The molecule has 1 saturated heterocycles. The minimum absolute atomic E-state index is 0.0894. The van der Waals surface area contributed by atoms with Crippen LogP contribution in [0.15, 0.2) is 18.3 Å². The van der Waals surface area contributed by atoms with Crippen LogP contribution in [0.4, 0.5) is 5.82 Å². The summed E-state index contributed by atoms with van der Waals surface area (Å²) in [5.41, 5.74) is 6.14. The molecule has 2 heterocycles. The smallest absolute Gasteiger partial charge is 0.172 e. The highest BCUT2D eigenvalue weighted by molar-refractivity contribution is 6.02. The maximum atomic E-state index is 11.7. The molecule has 0 unspecified atom stereocenters. The van der Waals surface area contributed by atoms with E-state index in [0.717, 1.165) is 13.1 Å². The van der Waals surface area contributed by atoms with Crippen LogP contribution in [0.3, 0.4) is 0 Å². The summed E-state index contributed by atoms with van der Waals surface area (Å²) in [6, 6.07) is 3.46. The molecule has 0 spiro atoms. The molecule has 0 aliphatic carbocycles. The van der Waals surface area contributed by atoms with Crippen molar-refractivity contribution in [2.75, 3.05) is 18.8 Å². The molecule has 1 aliphatic rings. The standard InChI is InChI=1S/C9H11N3O/c10-9-7(2-1-3-12-9)8(13)6-4-11-5-6/h1-3,6,11H,4-5H2,(H2,10,12). The number of carbonyl (C=O) groups is 1. The summed E-state index contributed by atoms with van der Waals surface area (Å²) in [4.78, 5) is 15.6. The Kier molecular flexibility index (Phi) is 1.98. The highest BCUT2D eigenvalue weighted by Crippen LogP contribution is 2.16. The lowest BCUT2D eigenvalue weighted by atomic mass is 9.93. The van der Waals surface area contributed by atoms with Crippen LogP contribution in [0, 0.1) is 5.92 Å². The minimum atomic E-state index is 0.0894. The first kappa shape index (κ1) is 8.19. The number of Topliss-reactive ketones (excluding diaryl/α,β-unsaturated/α-hetero) is 1. The first-order chi connectivity index (χ1) is 6.29. The highest BCUT2D eigenvalue weighted by Gasteiger charge is 2.27. The van der Waals surface area contributed by atoms with E-state index in [4.69, 9.17) is 5.73 Å². The molecule has 0 aromatic carbocycles. The van der Waals surface area contributed by atoms with E-state index >= 15 is 0 Å².